The number of rotatable bonds is 7. The van der Waals surface area contributed by atoms with Gasteiger partial charge in [-0.15, -0.1) is 0 Å². The van der Waals surface area contributed by atoms with Crippen LogP contribution in [-0.4, -0.2) is 30.3 Å². The smallest absolute Gasteiger partial charge is 0.163 e. The van der Waals surface area contributed by atoms with Gasteiger partial charge in [0.25, 0.3) is 0 Å². The number of hydrogen-bond acceptors (Lipinski definition) is 2. The summed E-state index contributed by atoms with van der Waals surface area (Å²) in [7, 11) is -1.05. The standard InChI is InChI=1S/C35H38O2P2/c1-35(2)36-24-23-31-32(26-38(27-15-7-3-8-16-27)28-17-9-4-10-18-28)34(25-33(31)37-35)39(29-19-11-5-12-20-29)30-21-13-6-14-22-30/h3-22,31-34H,23-26H2,1-2H3/t31-,32-,33+,34+/m1/s1. The van der Waals surface area contributed by atoms with Gasteiger partial charge in [-0.3, -0.25) is 0 Å². The molecule has 4 aromatic rings. The van der Waals surface area contributed by atoms with Crippen LogP contribution in [0.1, 0.15) is 26.7 Å². The zero-order chi connectivity index (χ0) is 26.7. The summed E-state index contributed by atoms with van der Waals surface area (Å²) in [5, 5.41) is 5.89. The molecule has 1 aliphatic heterocycles. The summed E-state index contributed by atoms with van der Waals surface area (Å²) in [4.78, 5) is 0. The molecule has 0 N–H and O–H groups in total. The Morgan fingerprint density at radius 1 is 0.667 bits per heavy atom. The van der Waals surface area contributed by atoms with Crippen LogP contribution in [0.15, 0.2) is 121 Å². The molecule has 4 atom stereocenters. The fourth-order valence-corrected chi connectivity index (χ4v) is 12.6. The first-order chi connectivity index (χ1) is 19.1. The predicted octanol–water partition coefficient (Wildman–Crippen LogP) is 6.80. The fraction of sp³-hybridized carbons (Fsp3) is 0.314. The SMILES string of the molecule is CC1(C)OCC[C@@H]2[C@@H](CP(c3ccccc3)c3ccccc3)[C@@H](P(c3ccccc3)c3ccccc3)C[C@@H]2O1. The minimum absolute atomic E-state index is 0.221. The van der Waals surface area contributed by atoms with E-state index in [-0.39, 0.29) is 6.10 Å². The van der Waals surface area contributed by atoms with Crippen molar-refractivity contribution in [2.75, 3.05) is 12.8 Å². The molecule has 4 aromatic carbocycles. The Morgan fingerprint density at radius 3 is 1.62 bits per heavy atom. The second-order valence-electron chi connectivity index (χ2n) is 11.1. The average Bonchev–Trinajstić information content (AvgIpc) is 3.19. The summed E-state index contributed by atoms with van der Waals surface area (Å²) in [5.41, 5.74) is 0.547. The Bertz CT molecular complexity index is 1240. The molecular formula is C35H38O2P2. The van der Waals surface area contributed by atoms with Gasteiger partial charge >= 0.3 is 0 Å². The average molecular weight is 553 g/mol. The molecular weight excluding hydrogens is 514 g/mol. The molecule has 1 saturated heterocycles. The highest BCUT2D eigenvalue weighted by Gasteiger charge is 2.50. The molecule has 0 aromatic heterocycles. The van der Waals surface area contributed by atoms with Gasteiger partial charge in [0, 0.05) is 0 Å². The molecule has 2 aliphatic rings. The molecule has 0 spiro atoms. The molecule has 200 valence electrons. The predicted molar refractivity (Wildman–Crippen MR) is 168 cm³/mol. The zero-order valence-electron chi connectivity index (χ0n) is 22.9. The van der Waals surface area contributed by atoms with Gasteiger partial charge in [-0.25, -0.2) is 0 Å². The Labute approximate surface area is 236 Å². The van der Waals surface area contributed by atoms with E-state index < -0.39 is 21.6 Å². The molecule has 1 aliphatic carbocycles. The summed E-state index contributed by atoms with van der Waals surface area (Å²) in [6.07, 6.45) is 3.55. The fourth-order valence-electron chi connectivity index (χ4n) is 6.57. The van der Waals surface area contributed by atoms with Gasteiger partial charge in [0.15, 0.2) is 5.79 Å². The van der Waals surface area contributed by atoms with E-state index in [1.165, 1.54) is 27.4 Å². The van der Waals surface area contributed by atoms with E-state index in [1.54, 1.807) is 0 Å². The Hall–Kier alpha value is -2.34. The second-order valence-corrected chi connectivity index (χ2v) is 15.8. The van der Waals surface area contributed by atoms with Crippen LogP contribution in [0, 0.1) is 11.8 Å². The first kappa shape index (κ1) is 26.9. The zero-order valence-corrected chi connectivity index (χ0v) is 24.7. The van der Waals surface area contributed by atoms with Crippen LogP contribution in [-0.2, 0) is 9.47 Å². The lowest BCUT2D eigenvalue weighted by molar-refractivity contribution is -0.224. The van der Waals surface area contributed by atoms with Gasteiger partial charge in [-0.1, -0.05) is 121 Å². The van der Waals surface area contributed by atoms with E-state index in [0.717, 1.165) is 19.4 Å². The van der Waals surface area contributed by atoms with Crippen molar-refractivity contribution in [1.82, 2.24) is 0 Å². The molecule has 1 saturated carbocycles. The number of fused-ring (bicyclic) bond motifs is 1. The lowest BCUT2D eigenvalue weighted by Crippen LogP contribution is -2.32. The summed E-state index contributed by atoms with van der Waals surface area (Å²) >= 11 is 0. The third kappa shape index (κ3) is 6.06. The van der Waals surface area contributed by atoms with Gasteiger partial charge in [-0.05, 0) is 87.4 Å². The van der Waals surface area contributed by atoms with Gasteiger partial charge in [-0.2, -0.15) is 0 Å². The molecule has 39 heavy (non-hydrogen) atoms. The lowest BCUT2D eigenvalue weighted by atomic mass is 9.93. The van der Waals surface area contributed by atoms with Gasteiger partial charge in [0.05, 0.1) is 12.7 Å². The number of hydrogen-bond donors (Lipinski definition) is 0. The largest absolute Gasteiger partial charge is 0.351 e. The molecule has 0 amide bonds. The first-order valence-electron chi connectivity index (χ1n) is 14.2. The molecule has 0 unspecified atom stereocenters. The molecule has 1 heterocycles. The summed E-state index contributed by atoms with van der Waals surface area (Å²) in [6.45, 7) is 4.95. The van der Waals surface area contributed by atoms with Crippen molar-refractivity contribution >= 4 is 37.1 Å². The lowest BCUT2D eigenvalue weighted by Gasteiger charge is -2.34. The quantitative estimate of drug-likeness (QED) is 0.235. The van der Waals surface area contributed by atoms with Crippen LogP contribution < -0.4 is 21.2 Å². The van der Waals surface area contributed by atoms with E-state index >= 15 is 0 Å². The third-order valence-corrected chi connectivity index (χ3v) is 13.9. The summed E-state index contributed by atoms with van der Waals surface area (Å²) in [6, 6.07) is 45.0. The maximum atomic E-state index is 6.79. The van der Waals surface area contributed by atoms with Crippen LogP contribution in [0.25, 0.3) is 0 Å². The maximum Gasteiger partial charge on any atom is 0.163 e. The van der Waals surface area contributed by atoms with Crippen molar-refractivity contribution in [3.8, 4) is 0 Å². The Morgan fingerprint density at radius 2 is 1.13 bits per heavy atom. The van der Waals surface area contributed by atoms with Crippen molar-refractivity contribution < 1.29 is 9.47 Å². The van der Waals surface area contributed by atoms with Gasteiger partial charge in [0.1, 0.15) is 0 Å². The highest BCUT2D eigenvalue weighted by molar-refractivity contribution is 7.74. The molecule has 0 radical (unpaired) electrons. The van der Waals surface area contributed by atoms with E-state index in [4.69, 9.17) is 9.47 Å². The van der Waals surface area contributed by atoms with E-state index in [0.29, 0.717) is 17.5 Å². The van der Waals surface area contributed by atoms with E-state index in [1.807, 2.05) is 0 Å². The third-order valence-electron chi connectivity index (χ3n) is 8.26. The summed E-state index contributed by atoms with van der Waals surface area (Å²) in [5.74, 6) is 0.502. The minimum Gasteiger partial charge on any atom is -0.351 e. The second kappa shape index (κ2) is 12.0. The topological polar surface area (TPSA) is 18.5 Å². The molecule has 6 rings (SSSR count). The van der Waals surface area contributed by atoms with Gasteiger partial charge < -0.3 is 9.47 Å². The van der Waals surface area contributed by atoms with Crippen LogP contribution in [0.2, 0.25) is 0 Å². The van der Waals surface area contributed by atoms with Crippen molar-refractivity contribution in [2.45, 2.75) is 44.2 Å². The first-order valence-corrected chi connectivity index (χ1v) is 17.1. The molecule has 2 nitrogen and oxygen atoms in total. The number of ether oxygens (including phenoxy) is 2. The van der Waals surface area contributed by atoms with Crippen LogP contribution >= 0.6 is 15.8 Å². The number of benzene rings is 4. The van der Waals surface area contributed by atoms with Crippen molar-refractivity contribution in [1.29, 1.82) is 0 Å². The Balaban J connectivity index is 1.45. The highest BCUT2D eigenvalue weighted by atomic mass is 31.1. The van der Waals surface area contributed by atoms with Crippen molar-refractivity contribution in [3.05, 3.63) is 121 Å². The Kier molecular flexibility index (Phi) is 8.29. The highest BCUT2D eigenvalue weighted by Crippen LogP contribution is 2.57. The molecule has 2 fully saturated rings. The molecule has 4 heteroatoms. The van der Waals surface area contributed by atoms with Crippen LogP contribution in [0.4, 0.5) is 0 Å². The van der Waals surface area contributed by atoms with E-state index in [2.05, 4.69) is 135 Å². The van der Waals surface area contributed by atoms with Crippen LogP contribution in [0.5, 0.6) is 0 Å². The molecule has 0 bridgehead atoms. The summed E-state index contributed by atoms with van der Waals surface area (Å²) < 4.78 is 13.0. The van der Waals surface area contributed by atoms with Gasteiger partial charge in [0.2, 0.25) is 0 Å². The normalized spacial score (nSPS) is 24.4. The van der Waals surface area contributed by atoms with Crippen LogP contribution in [0.3, 0.4) is 0 Å². The minimum atomic E-state index is -0.547. The maximum absolute atomic E-state index is 6.79. The van der Waals surface area contributed by atoms with Crippen molar-refractivity contribution in [3.63, 3.8) is 0 Å². The van der Waals surface area contributed by atoms with Crippen molar-refractivity contribution in [2.24, 2.45) is 11.8 Å². The monoisotopic (exact) mass is 552 g/mol. The van der Waals surface area contributed by atoms with E-state index in [9.17, 15) is 0 Å².